The fraction of sp³-hybridized carbons (Fsp3) is 0.364. The number of benzene rings is 2. The fourth-order valence-electron chi connectivity index (χ4n) is 4.22. The summed E-state index contributed by atoms with van der Waals surface area (Å²) in [6.07, 6.45) is -1.03. The van der Waals surface area contributed by atoms with Gasteiger partial charge in [0.2, 0.25) is 5.91 Å². The molecule has 1 aliphatic heterocycles. The highest BCUT2D eigenvalue weighted by Crippen LogP contribution is 2.44. The SMILES string of the molecule is CN(C)C(=O)[C@@H]1CC(O)CN1C(=O)OCC1c2ccccc2-c2ccccc21. The molecular weight excluding hydrogens is 356 g/mol. The minimum absolute atomic E-state index is 0.0353. The van der Waals surface area contributed by atoms with Crippen LogP contribution in [0.2, 0.25) is 0 Å². The quantitative estimate of drug-likeness (QED) is 0.888. The molecule has 0 spiro atoms. The average Bonchev–Trinajstić information content (AvgIpc) is 3.24. The maximum absolute atomic E-state index is 12.7. The summed E-state index contributed by atoms with van der Waals surface area (Å²) in [6, 6.07) is 15.6. The van der Waals surface area contributed by atoms with E-state index < -0.39 is 18.2 Å². The highest BCUT2D eigenvalue weighted by molar-refractivity contribution is 5.86. The van der Waals surface area contributed by atoms with Gasteiger partial charge in [-0.2, -0.15) is 0 Å². The first kappa shape index (κ1) is 18.5. The summed E-state index contributed by atoms with van der Waals surface area (Å²) in [5, 5.41) is 9.97. The van der Waals surface area contributed by atoms with Gasteiger partial charge >= 0.3 is 6.09 Å². The third kappa shape index (κ3) is 3.14. The Labute approximate surface area is 164 Å². The van der Waals surface area contributed by atoms with Crippen LogP contribution < -0.4 is 0 Å². The molecule has 1 heterocycles. The van der Waals surface area contributed by atoms with Gasteiger partial charge in [-0.15, -0.1) is 0 Å². The zero-order valence-corrected chi connectivity index (χ0v) is 16.0. The summed E-state index contributed by atoms with van der Waals surface area (Å²) in [7, 11) is 3.28. The number of rotatable bonds is 3. The van der Waals surface area contributed by atoms with E-state index in [-0.39, 0.29) is 31.4 Å². The van der Waals surface area contributed by atoms with Crippen LogP contribution in [0.25, 0.3) is 11.1 Å². The van der Waals surface area contributed by atoms with E-state index in [4.69, 9.17) is 4.74 Å². The Hall–Kier alpha value is -2.86. The lowest BCUT2D eigenvalue weighted by atomic mass is 9.98. The van der Waals surface area contributed by atoms with Crippen molar-refractivity contribution in [1.29, 1.82) is 0 Å². The van der Waals surface area contributed by atoms with Crippen LogP contribution in [0.15, 0.2) is 48.5 Å². The summed E-state index contributed by atoms with van der Waals surface area (Å²) in [6.45, 7) is 0.309. The van der Waals surface area contributed by atoms with Gasteiger partial charge < -0.3 is 14.7 Å². The van der Waals surface area contributed by atoms with Gasteiger partial charge in [-0.3, -0.25) is 9.69 Å². The molecule has 0 aromatic heterocycles. The number of fused-ring (bicyclic) bond motifs is 3. The van der Waals surface area contributed by atoms with Gasteiger partial charge in [0.1, 0.15) is 12.6 Å². The number of hydrogen-bond acceptors (Lipinski definition) is 4. The molecule has 6 nitrogen and oxygen atoms in total. The highest BCUT2D eigenvalue weighted by atomic mass is 16.6. The third-order valence-corrected chi connectivity index (χ3v) is 5.58. The first-order valence-corrected chi connectivity index (χ1v) is 9.48. The van der Waals surface area contributed by atoms with Crippen molar-refractivity contribution in [2.45, 2.75) is 24.5 Å². The number of likely N-dealkylation sites (N-methyl/N-ethyl adjacent to an activating group) is 1. The van der Waals surface area contributed by atoms with Gasteiger partial charge in [0.15, 0.2) is 0 Å². The summed E-state index contributed by atoms with van der Waals surface area (Å²) in [5.41, 5.74) is 4.60. The van der Waals surface area contributed by atoms with Crippen molar-refractivity contribution < 1.29 is 19.4 Å². The van der Waals surface area contributed by atoms with Crippen LogP contribution in [0.4, 0.5) is 4.79 Å². The van der Waals surface area contributed by atoms with Gasteiger partial charge in [0, 0.05) is 26.4 Å². The van der Waals surface area contributed by atoms with E-state index in [1.807, 2.05) is 24.3 Å². The summed E-state index contributed by atoms with van der Waals surface area (Å²) < 4.78 is 5.64. The van der Waals surface area contributed by atoms with Gasteiger partial charge in [-0.05, 0) is 22.3 Å². The van der Waals surface area contributed by atoms with Gasteiger partial charge in [0.25, 0.3) is 0 Å². The van der Waals surface area contributed by atoms with E-state index in [9.17, 15) is 14.7 Å². The normalized spacial score (nSPS) is 20.6. The molecule has 1 unspecified atom stereocenters. The van der Waals surface area contributed by atoms with Crippen LogP contribution in [-0.4, -0.2) is 66.3 Å². The molecule has 2 aromatic carbocycles. The highest BCUT2D eigenvalue weighted by Gasteiger charge is 2.41. The smallest absolute Gasteiger partial charge is 0.410 e. The molecule has 2 atom stereocenters. The molecule has 0 radical (unpaired) electrons. The van der Waals surface area contributed by atoms with Gasteiger partial charge in [-0.1, -0.05) is 48.5 Å². The molecule has 0 saturated carbocycles. The molecule has 1 saturated heterocycles. The van der Waals surface area contributed by atoms with Crippen LogP contribution in [0, 0.1) is 0 Å². The van der Waals surface area contributed by atoms with Crippen molar-refractivity contribution in [3.8, 4) is 11.1 Å². The molecular formula is C22H24N2O4. The van der Waals surface area contributed by atoms with Gasteiger partial charge in [-0.25, -0.2) is 4.79 Å². The Kier molecular flexibility index (Phi) is 4.81. The molecule has 4 rings (SSSR count). The van der Waals surface area contributed by atoms with E-state index >= 15 is 0 Å². The first-order valence-electron chi connectivity index (χ1n) is 9.48. The Morgan fingerprint density at radius 1 is 1.07 bits per heavy atom. The number of amides is 2. The molecule has 6 heteroatoms. The van der Waals surface area contributed by atoms with E-state index in [0.29, 0.717) is 0 Å². The second kappa shape index (κ2) is 7.28. The Balaban J connectivity index is 1.52. The van der Waals surface area contributed by atoms with Crippen molar-refractivity contribution in [3.63, 3.8) is 0 Å². The molecule has 2 amide bonds. The molecule has 2 aromatic rings. The number of ether oxygens (including phenoxy) is 1. The van der Waals surface area contributed by atoms with Crippen molar-refractivity contribution in [1.82, 2.24) is 9.80 Å². The number of likely N-dealkylation sites (tertiary alicyclic amines) is 1. The van der Waals surface area contributed by atoms with E-state index in [1.165, 1.54) is 9.80 Å². The minimum atomic E-state index is -0.714. The van der Waals surface area contributed by atoms with E-state index in [1.54, 1.807) is 14.1 Å². The third-order valence-electron chi connectivity index (χ3n) is 5.58. The summed E-state index contributed by atoms with van der Waals surface area (Å²) >= 11 is 0. The van der Waals surface area contributed by atoms with Crippen LogP contribution in [0.1, 0.15) is 23.5 Å². The lowest BCUT2D eigenvalue weighted by Gasteiger charge is -2.26. The number of β-amino-alcohol motifs (C(OH)–C–C–N with tert-alkyl or cyclic N) is 1. The molecule has 2 aliphatic rings. The molecule has 1 aliphatic carbocycles. The second-order valence-electron chi connectivity index (χ2n) is 7.59. The van der Waals surface area contributed by atoms with Gasteiger partial charge in [0.05, 0.1) is 12.6 Å². The van der Waals surface area contributed by atoms with Crippen LogP contribution in [-0.2, 0) is 9.53 Å². The fourth-order valence-corrected chi connectivity index (χ4v) is 4.22. The zero-order chi connectivity index (χ0) is 19.8. The Bertz CT molecular complexity index is 865. The average molecular weight is 380 g/mol. The number of aliphatic hydroxyl groups excluding tert-OH is 1. The number of aliphatic hydroxyl groups is 1. The minimum Gasteiger partial charge on any atom is -0.448 e. The predicted octanol–water partition coefficient (Wildman–Crippen LogP) is 2.46. The molecule has 28 heavy (non-hydrogen) atoms. The number of hydrogen-bond donors (Lipinski definition) is 1. The predicted molar refractivity (Wildman–Crippen MR) is 105 cm³/mol. The van der Waals surface area contributed by atoms with Crippen molar-refractivity contribution in [2.24, 2.45) is 0 Å². The Morgan fingerprint density at radius 2 is 1.64 bits per heavy atom. The van der Waals surface area contributed by atoms with Crippen LogP contribution in [0.5, 0.6) is 0 Å². The van der Waals surface area contributed by atoms with Crippen molar-refractivity contribution >= 4 is 12.0 Å². The van der Waals surface area contributed by atoms with Crippen molar-refractivity contribution in [2.75, 3.05) is 27.2 Å². The lowest BCUT2D eigenvalue weighted by Crippen LogP contribution is -2.45. The number of carbonyl (C=O) groups excluding carboxylic acids is 2. The number of nitrogens with zero attached hydrogens (tertiary/aromatic N) is 2. The molecule has 0 bridgehead atoms. The standard InChI is InChI=1S/C22H24N2O4/c1-23(2)21(26)20-11-14(25)12-24(20)22(27)28-13-19-17-9-5-3-7-15(17)16-8-4-6-10-18(16)19/h3-10,14,19-20,25H,11-13H2,1-2H3/t14?,20-/m0/s1. The molecule has 1 N–H and O–H groups in total. The van der Waals surface area contributed by atoms with Crippen LogP contribution >= 0.6 is 0 Å². The number of carbonyl (C=O) groups is 2. The monoisotopic (exact) mass is 380 g/mol. The Morgan fingerprint density at radius 3 is 2.21 bits per heavy atom. The lowest BCUT2D eigenvalue weighted by molar-refractivity contribution is -0.133. The topological polar surface area (TPSA) is 70.1 Å². The summed E-state index contributed by atoms with van der Waals surface area (Å²) in [5.74, 6) is -0.239. The van der Waals surface area contributed by atoms with Crippen LogP contribution in [0.3, 0.4) is 0 Å². The zero-order valence-electron chi connectivity index (χ0n) is 16.0. The van der Waals surface area contributed by atoms with Crippen molar-refractivity contribution in [3.05, 3.63) is 59.7 Å². The molecule has 146 valence electrons. The second-order valence-corrected chi connectivity index (χ2v) is 7.59. The maximum Gasteiger partial charge on any atom is 0.410 e. The summed E-state index contributed by atoms with van der Waals surface area (Å²) in [4.78, 5) is 27.9. The van der Waals surface area contributed by atoms with E-state index in [0.717, 1.165) is 22.3 Å². The first-order chi connectivity index (χ1) is 13.5. The molecule has 1 fully saturated rings. The van der Waals surface area contributed by atoms with E-state index in [2.05, 4.69) is 24.3 Å². The maximum atomic E-state index is 12.7. The largest absolute Gasteiger partial charge is 0.448 e.